The first-order valence-corrected chi connectivity index (χ1v) is 25.1. The normalized spacial score (nSPS) is 31.7. The molecule has 48 heavy (non-hydrogen) atoms. The summed E-state index contributed by atoms with van der Waals surface area (Å²) < 4.78 is 0. The fraction of sp³-hybridized carbons (Fsp3) is 0.634. The van der Waals surface area contributed by atoms with Gasteiger partial charge in [0.25, 0.3) is 0 Å². The molecule has 2 nitrogen and oxygen atoms in total. The zero-order valence-electron chi connectivity index (χ0n) is 33.7. The van der Waals surface area contributed by atoms with Gasteiger partial charge in [-0.05, 0) is 84.7 Å². The molecule has 268 valence electrons. The molecule has 7 heteroatoms. The molecule has 2 saturated carbocycles. The molecular formula is C41H70N2S2Si2Ti. The average Bonchev–Trinajstić information content (AvgIpc) is 3.56. The van der Waals surface area contributed by atoms with Crippen LogP contribution in [-0.2, 0) is 21.7 Å². The Bertz CT molecular complexity index is 1230. The molecule has 2 aromatic rings. The monoisotopic (exact) mass is 758 g/mol. The number of hydrogen-bond donors (Lipinski definition) is 1. The van der Waals surface area contributed by atoms with E-state index in [-0.39, 0.29) is 55.1 Å². The molecule has 0 saturated heterocycles. The van der Waals surface area contributed by atoms with Crippen molar-refractivity contribution in [3.8, 4) is 0 Å². The summed E-state index contributed by atoms with van der Waals surface area (Å²) in [5, 5.41) is 1.52. The number of nitrogens with zero attached hydrogens (tertiary/aromatic N) is 1. The van der Waals surface area contributed by atoms with Gasteiger partial charge in [0, 0.05) is 31.7 Å². The van der Waals surface area contributed by atoms with Crippen molar-refractivity contribution in [1.29, 1.82) is 0 Å². The van der Waals surface area contributed by atoms with E-state index in [2.05, 4.69) is 172 Å². The number of nitrogens with one attached hydrogen (secondary N) is 1. The zero-order chi connectivity index (χ0) is 32.6. The van der Waals surface area contributed by atoms with Crippen molar-refractivity contribution in [1.82, 2.24) is 4.98 Å². The molecule has 1 N–H and O–H groups in total. The summed E-state index contributed by atoms with van der Waals surface area (Å²) in [4.78, 5) is 12.5. The van der Waals surface area contributed by atoms with Gasteiger partial charge in [-0.1, -0.05) is 119 Å². The van der Waals surface area contributed by atoms with Gasteiger partial charge in [-0.2, -0.15) is 0 Å². The third-order valence-corrected chi connectivity index (χ3v) is 22.6. The maximum Gasteiger partial charge on any atom is 4.00 e. The van der Waals surface area contributed by atoms with E-state index < -0.39 is 16.5 Å². The Balaban J connectivity index is 0.000000443. The van der Waals surface area contributed by atoms with E-state index in [9.17, 15) is 0 Å². The Morgan fingerprint density at radius 3 is 1.38 bits per heavy atom. The van der Waals surface area contributed by atoms with Crippen molar-refractivity contribution in [2.24, 2.45) is 23.7 Å². The van der Waals surface area contributed by atoms with E-state index in [1.54, 1.807) is 16.0 Å². The summed E-state index contributed by atoms with van der Waals surface area (Å²) in [7, 11) is -3.14. The third kappa shape index (κ3) is 9.04. The average molecular weight is 759 g/mol. The standard InChI is InChI=1S/C19H31NSSi.C19H30NSSi.3CH3.Ti/c2*1-12-13(2)18(22(6,7)20-19(3,4)5)17-16(12)14-10-8-9-11-15(14)21-17;;;;/h8-13,16-18,20H,1-7H3;8-13,16-18H,1-7H3;3*1H3;/q;4*-1;+4. The predicted octanol–water partition coefficient (Wildman–Crippen LogP) is 13.1. The Morgan fingerprint density at radius 2 is 0.979 bits per heavy atom. The molecule has 10 unspecified atom stereocenters. The van der Waals surface area contributed by atoms with Crippen molar-refractivity contribution >= 4 is 40.0 Å². The van der Waals surface area contributed by atoms with E-state index in [4.69, 9.17) is 4.98 Å². The van der Waals surface area contributed by atoms with Gasteiger partial charge >= 0.3 is 21.7 Å². The molecule has 2 aliphatic carbocycles. The minimum Gasteiger partial charge on any atom is -0.660 e. The van der Waals surface area contributed by atoms with Crippen LogP contribution in [0.25, 0.3) is 4.98 Å². The van der Waals surface area contributed by atoms with Crippen LogP contribution >= 0.6 is 23.5 Å². The number of hydrogen-bond acceptors (Lipinski definition) is 3. The van der Waals surface area contributed by atoms with Crippen molar-refractivity contribution in [3.63, 3.8) is 0 Å². The van der Waals surface area contributed by atoms with Gasteiger partial charge in [0.2, 0.25) is 0 Å². The molecule has 0 radical (unpaired) electrons. The minimum absolute atomic E-state index is 0. The molecule has 2 aliphatic heterocycles. The number of benzene rings is 2. The molecule has 2 heterocycles. The van der Waals surface area contributed by atoms with E-state index in [1.165, 1.54) is 4.90 Å². The largest absolute Gasteiger partial charge is 4.00 e. The molecule has 0 aromatic heterocycles. The first-order chi connectivity index (χ1) is 20.2. The number of rotatable bonds is 4. The second kappa shape index (κ2) is 16.5. The van der Waals surface area contributed by atoms with Crippen LogP contribution in [0.15, 0.2) is 58.3 Å². The number of thioether (sulfide) groups is 2. The maximum atomic E-state index is 5.36. The van der Waals surface area contributed by atoms with Crippen LogP contribution in [0.4, 0.5) is 0 Å². The van der Waals surface area contributed by atoms with Gasteiger partial charge in [0.1, 0.15) is 8.24 Å². The second-order valence-electron chi connectivity index (χ2n) is 17.8. The Labute approximate surface area is 324 Å². The van der Waals surface area contributed by atoms with Crippen LogP contribution in [0.5, 0.6) is 0 Å². The summed E-state index contributed by atoms with van der Waals surface area (Å²) in [5.41, 5.74) is 5.16. The molecule has 2 fully saturated rings. The van der Waals surface area contributed by atoms with Crippen LogP contribution in [0, 0.1) is 46.0 Å². The van der Waals surface area contributed by atoms with Crippen LogP contribution in [0.3, 0.4) is 0 Å². The maximum absolute atomic E-state index is 5.36. The summed E-state index contributed by atoms with van der Waals surface area (Å²) in [5.74, 6) is 4.65. The van der Waals surface area contributed by atoms with E-state index in [1.807, 2.05) is 0 Å². The van der Waals surface area contributed by atoms with Crippen molar-refractivity contribution in [2.75, 3.05) is 0 Å². The Hall–Kier alpha value is 0.208. The molecule has 2 aromatic carbocycles. The first-order valence-electron chi connectivity index (χ1n) is 17.3. The van der Waals surface area contributed by atoms with Gasteiger partial charge in [0.15, 0.2) is 0 Å². The molecule has 6 rings (SSSR count). The summed E-state index contributed by atoms with van der Waals surface area (Å²) >= 11 is 4.32. The van der Waals surface area contributed by atoms with Gasteiger partial charge in [-0.3, -0.25) is 0 Å². The molecule has 4 aliphatic rings. The van der Waals surface area contributed by atoms with E-state index in [0.717, 1.165) is 57.1 Å². The van der Waals surface area contributed by atoms with Crippen LogP contribution in [0.2, 0.25) is 37.3 Å². The molecule has 0 spiro atoms. The Kier molecular flexibility index (Phi) is 15.9. The van der Waals surface area contributed by atoms with Crippen LogP contribution in [-0.4, -0.2) is 38.0 Å². The third-order valence-electron chi connectivity index (χ3n) is 11.4. The fourth-order valence-electron chi connectivity index (χ4n) is 10.3. The smallest absolute Gasteiger partial charge is 0.660 e. The fourth-order valence-corrected chi connectivity index (χ4v) is 25.4. The SMILES string of the molecule is CC1C(C)C([Si](C)(C)NC(C)(C)C)C2Sc3ccccc3C12.CC1C(C)C([Si](C)(C)[N-]C(C)(C)C)C2Sc3ccccc3C12.[CH3-].[CH3-].[CH3-].[Ti+4]. The van der Waals surface area contributed by atoms with Gasteiger partial charge in [-0.25, -0.2) is 0 Å². The van der Waals surface area contributed by atoms with Crippen molar-refractivity contribution < 1.29 is 21.7 Å². The van der Waals surface area contributed by atoms with Crippen LogP contribution in [0.1, 0.15) is 92.2 Å². The summed E-state index contributed by atoms with van der Waals surface area (Å²) in [6.45, 7) is 33.8. The molecular weight excluding hydrogens is 689 g/mol. The van der Waals surface area contributed by atoms with Crippen LogP contribution < -0.4 is 4.98 Å². The zero-order valence-corrected chi connectivity index (χ0v) is 38.9. The molecule has 0 bridgehead atoms. The van der Waals surface area contributed by atoms with E-state index in [0.29, 0.717) is 0 Å². The molecule has 10 atom stereocenters. The minimum atomic E-state index is -1.63. The van der Waals surface area contributed by atoms with Gasteiger partial charge < -0.3 is 32.2 Å². The van der Waals surface area contributed by atoms with Gasteiger partial charge in [0.05, 0.1) is 0 Å². The topological polar surface area (TPSA) is 26.1 Å². The van der Waals surface area contributed by atoms with E-state index >= 15 is 0 Å². The summed E-state index contributed by atoms with van der Waals surface area (Å²) in [6, 6.07) is 18.2. The first kappa shape index (κ1) is 46.2. The Morgan fingerprint density at radius 1 is 0.604 bits per heavy atom. The summed E-state index contributed by atoms with van der Waals surface area (Å²) in [6.07, 6.45) is 0. The van der Waals surface area contributed by atoms with Crippen molar-refractivity contribution in [3.05, 3.63) is 86.9 Å². The van der Waals surface area contributed by atoms with Crippen molar-refractivity contribution in [2.45, 2.75) is 150 Å². The number of fused-ring (bicyclic) bond motifs is 6. The quantitative estimate of drug-likeness (QED) is 0.248. The molecule has 0 amide bonds. The van der Waals surface area contributed by atoms with Gasteiger partial charge in [-0.15, -0.1) is 29.1 Å². The second-order valence-corrected chi connectivity index (χ2v) is 28.8. The predicted molar refractivity (Wildman–Crippen MR) is 222 cm³/mol.